The Kier molecular flexibility index (Phi) is 8.91. The Labute approximate surface area is 185 Å². The maximum absolute atomic E-state index is 12.7. The van der Waals surface area contributed by atoms with E-state index in [-0.39, 0.29) is 11.8 Å². The molecule has 0 bridgehead atoms. The molecular formula is C25H33N3O3. The first kappa shape index (κ1) is 22.8. The van der Waals surface area contributed by atoms with Crippen molar-refractivity contribution < 1.29 is 14.3 Å². The Hall–Kier alpha value is -2.86. The van der Waals surface area contributed by atoms with E-state index in [1.54, 1.807) is 0 Å². The summed E-state index contributed by atoms with van der Waals surface area (Å²) in [4.78, 5) is 29.3. The molecule has 0 saturated carbocycles. The summed E-state index contributed by atoms with van der Waals surface area (Å²) in [5.74, 6) is 0.923. The van der Waals surface area contributed by atoms with Crippen molar-refractivity contribution in [1.29, 1.82) is 0 Å². The number of likely N-dealkylation sites (tertiary alicyclic amines) is 1. The molecule has 166 valence electrons. The molecule has 1 fully saturated rings. The number of carbonyl (C=O) groups is 2. The molecule has 2 amide bonds. The average Bonchev–Trinajstić information content (AvgIpc) is 2.82. The van der Waals surface area contributed by atoms with Crippen LogP contribution in [0.15, 0.2) is 60.7 Å². The number of hydrogen-bond donors (Lipinski definition) is 1. The smallest absolute Gasteiger partial charge is 0.253 e. The number of ether oxygens (including phenoxy) is 1. The third-order valence-corrected chi connectivity index (χ3v) is 5.58. The fourth-order valence-electron chi connectivity index (χ4n) is 3.99. The van der Waals surface area contributed by atoms with Crippen molar-refractivity contribution in [3.05, 3.63) is 66.2 Å². The molecule has 0 spiro atoms. The van der Waals surface area contributed by atoms with Crippen molar-refractivity contribution in [2.45, 2.75) is 32.2 Å². The molecule has 2 aromatic rings. The van der Waals surface area contributed by atoms with E-state index in [0.717, 1.165) is 50.2 Å². The van der Waals surface area contributed by atoms with Crippen molar-refractivity contribution in [3.8, 4) is 5.75 Å². The summed E-state index contributed by atoms with van der Waals surface area (Å²) in [6.45, 7) is 5.78. The molecule has 1 N–H and O–H groups in total. The second kappa shape index (κ2) is 12.1. The summed E-state index contributed by atoms with van der Waals surface area (Å²) in [6.07, 6.45) is 2.78. The topological polar surface area (TPSA) is 61.9 Å². The molecule has 1 aliphatic rings. The number of nitrogens with one attached hydrogen (secondary N) is 1. The second-order valence-corrected chi connectivity index (χ2v) is 7.87. The van der Waals surface area contributed by atoms with Crippen LogP contribution in [0, 0.1) is 0 Å². The summed E-state index contributed by atoms with van der Waals surface area (Å²) in [6, 6.07) is 19.4. The molecule has 0 atom stereocenters. The highest BCUT2D eigenvalue weighted by molar-refractivity contribution is 5.94. The Morgan fingerprint density at radius 1 is 1.03 bits per heavy atom. The fourth-order valence-corrected chi connectivity index (χ4v) is 3.99. The van der Waals surface area contributed by atoms with E-state index in [0.29, 0.717) is 25.7 Å². The third-order valence-electron chi connectivity index (χ3n) is 5.58. The third kappa shape index (κ3) is 7.10. The molecule has 0 unspecified atom stereocenters. The second-order valence-electron chi connectivity index (χ2n) is 7.87. The molecule has 1 heterocycles. The number of benzene rings is 2. The van der Waals surface area contributed by atoms with Crippen LogP contribution in [-0.4, -0.2) is 67.0 Å². The predicted octanol–water partition coefficient (Wildman–Crippen LogP) is 3.20. The predicted molar refractivity (Wildman–Crippen MR) is 122 cm³/mol. The van der Waals surface area contributed by atoms with Crippen LogP contribution in [0.5, 0.6) is 5.75 Å². The molecule has 3 rings (SSSR count). The molecular weight excluding hydrogens is 390 g/mol. The van der Waals surface area contributed by atoms with Crippen LogP contribution < -0.4 is 10.1 Å². The van der Waals surface area contributed by atoms with E-state index >= 15 is 0 Å². The summed E-state index contributed by atoms with van der Waals surface area (Å²) >= 11 is 0. The van der Waals surface area contributed by atoms with Gasteiger partial charge < -0.3 is 15.0 Å². The minimum absolute atomic E-state index is 0.0212. The van der Waals surface area contributed by atoms with E-state index < -0.39 is 0 Å². The lowest BCUT2D eigenvalue weighted by molar-refractivity contribution is -0.123. The molecule has 2 aromatic carbocycles. The van der Waals surface area contributed by atoms with Gasteiger partial charge in [-0.05, 0) is 50.1 Å². The molecule has 0 aromatic heterocycles. The number of carbonyl (C=O) groups excluding carboxylic acids is 2. The van der Waals surface area contributed by atoms with Crippen LogP contribution in [0.1, 0.15) is 36.5 Å². The molecule has 31 heavy (non-hydrogen) atoms. The van der Waals surface area contributed by atoms with Gasteiger partial charge in [0, 0.05) is 24.7 Å². The van der Waals surface area contributed by atoms with E-state index in [2.05, 4.69) is 17.1 Å². The van der Waals surface area contributed by atoms with E-state index in [9.17, 15) is 9.59 Å². The van der Waals surface area contributed by atoms with Gasteiger partial charge in [-0.2, -0.15) is 0 Å². The van der Waals surface area contributed by atoms with Crippen LogP contribution >= 0.6 is 0 Å². The highest BCUT2D eigenvalue weighted by atomic mass is 16.5. The lowest BCUT2D eigenvalue weighted by atomic mass is 10.0. The van der Waals surface area contributed by atoms with Gasteiger partial charge in [0.15, 0.2) is 0 Å². The van der Waals surface area contributed by atoms with Crippen molar-refractivity contribution in [3.63, 3.8) is 0 Å². The zero-order valence-corrected chi connectivity index (χ0v) is 18.3. The Bertz CT molecular complexity index is 805. The number of piperidine rings is 1. The number of para-hydroxylation sites is 1. The number of hydrogen-bond acceptors (Lipinski definition) is 4. The summed E-state index contributed by atoms with van der Waals surface area (Å²) in [5, 5.41) is 2.96. The monoisotopic (exact) mass is 423 g/mol. The zero-order valence-electron chi connectivity index (χ0n) is 18.3. The molecule has 1 aliphatic heterocycles. The van der Waals surface area contributed by atoms with Gasteiger partial charge in [0.25, 0.3) is 5.91 Å². The van der Waals surface area contributed by atoms with Gasteiger partial charge in [-0.3, -0.25) is 14.5 Å². The van der Waals surface area contributed by atoms with Gasteiger partial charge in [0.2, 0.25) is 5.91 Å². The Morgan fingerprint density at radius 2 is 1.68 bits per heavy atom. The minimum atomic E-state index is 0.0212. The number of amides is 2. The first-order valence-electron chi connectivity index (χ1n) is 11.2. The highest BCUT2D eigenvalue weighted by Gasteiger charge is 2.28. The largest absolute Gasteiger partial charge is 0.492 e. The maximum atomic E-state index is 12.7. The number of nitrogens with zero attached hydrogens (tertiary/aromatic N) is 2. The summed E-state index contributed by atoms with van der Waals surface area (Å²) in [5.41, 5.74) is 0.739. The lowest BCUT2D eigenvalue weighted by Crippen LogP contribution is -2.50. The lowest BCUT2D eigenvalue weighted by Gasteiger charge is -2.38. The van der Waals surface area contributed by atoms with Crippen LogP contribution in [0.4, 0.5) is 0 Å². The molecule has 6 nitrogen and oxygen atoms in total. The van der Waals surface area contributed by atoms with E-state index in [1.165, 1.54) is 0 Å². The van der Waals surface area contributed by atoms with Gasteiger partial charge in [0.1, 0.15) is 12.4 Å². The Balaban J connectivity index is 1.41. The van der Waals surface area contributed by atoms with Gasteiger partial charge in [0.05, 0.1) is 13.1 Å². The van der Waals surface area contributed by atoms with Gasteiger partial charge >= 0.3 is 0 Å². The molecule has 6 heteroatoms. The standard InChI is InChI=1S/C25H33N3O3/c1-2-16-28(20-24(29)26-15-19-31-23-11-7-4-8-12-23)22-13-17-27(18-14-22)25(30)21-9-5-3-6-10-21/h3-12,22H,2,13-20H2,1H3,(H,26,29). The maximum Gasteiger partial charge on any atom is 0.253 e. The van der Waals surface area contributed by atoms with E-state index in [1.807, 2.05) is 65.6 Å². The zero-order chi connectivity index (χ0) is 21.9. The first-order chi connectivity index (χ1) is 15.2. The first-order valence-corrected chi connectivity index (χ1v) is 11.2. The molecule has 0 radical (unpaired) electrons. The highest BCUT2D eigenvalue weighted by Crippen LogP contribution is 2.19. The van der Waals surface area contributed by atoms with Crippen molar-refractivity contribution >= 4 is 11.8 Å². The fraction of sp³-hybridized carbons (Fsp3) is 0.440. The summed E-state index contributed by atoms with van der Waals surface area (Å²) < 4.78 is 5.63. The van der Waals surface area contributed by atoms with E-state index in [4.69, 9.17) is 4.74 Å². The van der Waals surface area contributed by atoms with Crippen LogP contribution in [0.3, 0.4) is 0 Å². The molecule has 1 saturated heterocycles. The SMILES string of the molecule is CCCN(CC(=O)NCCOc1ccccc1)C1CCN(C(=O)c2ccccc2)CC1. The van der Waals surface area contributed by atoms with Gasteiger partial charge in [-0.1, -0.05) is 43.3 Å². The van der Waals surface area contributed by atoms with Gasteiger partial charge in [-0.25, -0.2) is 0 Å². The Morgan fingerprint density at radius 3 is 2.32 bits per heavy atom. The summed E-state index contributed by atoms with van der Waals surface area (Å²) in [7, 11) is 0. The normalized spacial score (nSPS) is 14.5. The van der Waals surface area contributed by atoms with Crippen molar-refractivity contribution in [2.75, 3.05) is 39.3 Å². The van der Waals surface area contributed by atoms with Crippen LogP contribution in [-0.2, 0) is 4.79 Å². The van der Waals surface area contributed by atoms with Gasteiger partial charge in [-0.15, -0.1) is 0 Å². The van der Waals surface area contributed by atoms with Crippen LogP contribution in [0.2, 0.25) is 0 Å². The number of rotatable bonds is 10. The van der Waals surface area contributed by atoms with Crippen molar-refractivity contribution in [2.24, 2.45) is 0 Å². The average molecular weight is 424 g/mol. The molecule has 0 aliphatic carbocycles. The quantitative estimate of drug-likeness (QED) is 0.596. The minimum Gasteiger partial charge on any atom is -0.492 e. The van der Waals surface area contributed by atoms with Crippen molar-refractivity contribution in [1.82, 2.24) is 15.1 Å². The van der Waals surface area contributed by atoms with Crippen LogP contribution in [0.25, 0.3) is 0 Å².